The number of esters is 1. The van der Waals surface area contributed by atoms with E-state index in [2.05, 4.69) is 11.9 Å². The van der Waals surface area contributed by atoms with Gasteiger partial charge in [0.05, 0.1) is 11.8 Å². The number of nitrogens with zero attached hydrogens (tertiary/aromatic N) is 1. The molecule has 0 saturated heterocycles. The van der Waals surface area contributed by atoms with Crippen molar-refractivity contribution in [2.75, 3.05) is 7.05 Å². The number of allylic oxidation sites excluding steroid dienone is 4. The number of carbonyl (C=O) groups excluding carboxylic acids is 3. The smallest absolute Gasteiger partial charge is 0.313 e. The molecule has 1 heterocycles. The molecule has 0 saturated carbocycles. The Morgan fingerprint density at radius 2 is 1.70 bits per heavy atom. The van der Waals surface area contributed by atoms with Gasteiger partial charge in [0.25, 0.3) is 0 Å². The standard InChI is InChI=1S/C31H36FNO5.C8H13N/c1-20(2)29-26(19-34)28(21-9-7-6-8-10-21)30(22-11-13-23(32)14-12-22)33(29)16-15-24(35)17-25(36)18-27(37)38-31(3,4)5;1-4-6-8(9-3)7-5-2/h6-14,19-20,24,35H,15-18H2,1-5H3;4-7,9H,1H2,2-3H3/b;7-5-,8-6+. The Morgan fingerprint density at radius 1 is 1.06 bits per heavy atom. The minimum atomic E-state index is -0.992. The average Bonchev–Trinajstić information content (AvgIpc) is 3.34. The largest absolute Gasteiger partial charge is 0.460 e. The van der Waals surface area contributed by atoms with E-state index in [1.807, 2.05) is 80.9 Å². The van der Waals surface area contributed by atoms with Crippen LogP contribution in [0.1, 0.15) is 82.8 Å². The van der Waals surface area contributed by atoms with Crippen molar-refractivity contribution in [3.05, 3.63) is 108 Å². The minimum absolute atomic E-state index is 0.0298. The van der Waals surface area contributed by atoms with Crippen LogP contribution in [-0.4, -0.2) is 46.5 Å². The first-order valence-electron chi connectivity index (χ1n) is 15.8. The number of benzene rings is 2. The molecule has 2 N–H and O–H groups in total. The van der Waals surface area contributed by atoms with Crippen molar-refractivity contribution in [1.29, 1.82) is 0 Å². The highest BCUT2D eigenvalue weighted by Crippen LogP contribution is 2.41. The van der Waals surface area contributed by atoms with Gasteiger partial charge in [0.2, 0.25) is 0 Å². The van der Waals surface area contributed by atoms with Crippen LogP contribution >= 0.6 is 0 Å². The van der Waals surface area contributed by atoms with Crippen LogP contribution in [0.5, 0.6) is 0 Å². The zero-order valence-electron chi connectivity index (χ0n) is 28.7. The van der Waals surface area contributed by atoms with Gasteiger partial charge >= 0.3 is 5.97 Å². The van der Waals surface area contributed by atoms with Gasteiger partial charge in [-0.3, -0.25) is 14.4 Å². The van der Waals surface area contributed by atoms with Gasteiger partial charge in [-0.1, -0.05) is 62.9 Å². The number of hydrogen-bond acceptors (Lipinski definition) is 6. The van der Waals surface area contributed by atoms with Crippen LogP contribution in [0.4, 0.5) is 4.39 Å². The van der Waals surface area contributed by atoms with Crippen molar-refractivity contribution < 1.29 is 28.6 Å². The minimum Gasteiger partial charge on any atom is -0.460 e. The van der Waals surface area contributed by atoms with Crippen molar-refractivity contribution >= 4 is 18.0 Å². The molecule has 8 heteroatoms. The third kappa shape index (κ3) is 12.0. The Kier molecular flexibility index (Phi) is 15.2. The van der Waals surface area contributed by atoms with E-state index >= 15 is 0 Å². The Labute approximate surface area is 278 Å². The summed E-state index contributed by atoms with van der Waals surface area (Å²) in [5.41, 5.74) is 4.79. The Morgan fingerprint density at radius 3 is 2.21 bits per heavy atom. The third-order valence-electron chi connectivity index (χ3n) is 7.03. The number of carbonyl (C=O) groups is 3. The van der Waals surface area contributed by atoms with Crippen LogP contribution in [0.2, 0.25) is 0 Å². The summed E-state index contributed by atoms with van der Waals surface area (Å²) in [5, 5.41) is 13.7. The van der Waals surface area contributed by atoms with Gasteiger partial charge in [-0.15, -0.1) is 0 Å². The Balaban J connectivity index is 0.000000745. The number of aldehydes is 1. The molecule has 0 aliphatic rings. The topological polar surface area (TPSA) is 97.6 Å². The van der Waals surface area contributed by atoms with Crippen LogP contribution in [0.3, 0.4) is 0 Å². The van der Waals surface area contributed by atoms with E-state index in [0.29, 0.717) is 12.1 Å². The van der Waals surface area contributed by atoms with Gasteiger partial charge < -0.3 is 19.7 Å². The summed E-state index contributed by atoms with van der Waals surface area (Å²) in [6, 6.07) is 15.6. The molecule has 3 aromatic rings. The fourth-order valence-corrected chi connectivity index (χ4v) is 5.22. The molecule has 2 aromatic carbocycles. The van der Waals surface area contributed by atoms with E-state index in [-0.39, 0.29) is 24.6 Å². The molecule has 1 aromatic heterocycles. The summed E-state index contributed by atoms with van der Waals surface area (Å²) in [5.74, 6) is -1.42. The molecule has 0 aliphatic heterocycles. The number of aliphatic hydroxyl groups excluding tert-OH is 1. The lowest BCUT2D eigenvalue weighted by Gasteiger charge is -2.20. The number of likely N-dealkylation sites (N-methyl/N-ethyl adjacent to an activating group) is 1. The molecule has 0 fully saturated rings. The molecular weight excluding hydrogens is 595 g/mol. The number of aliphatic hydroxyl groups is 1. The van der Waals surface area contributed by atoms with Gasteiger partial charge in [0.1, 0.15) is 23.6 Å². The van der Waals surface area contributed by atoms with E-state index in [9.17, 15) is 23.9 Å². The van der Waals surface area contributed by atoms with E-state index in [1.54, 1.807) is 39.0 Å². The van der Waals surface area contributed by atoms with E-state index < -0.39 is 29.9 Å². The van der Waals surface area contributed by atoms with Gasteiger partial charge in [0, 0.05) is 42.5 Å². The molecular formula is C39H49FN2O5. The summed E-state index contributed by atoms with van der Waals surface area (Å²) in [6.45, 7) is 15.0. The van der Waals surface area contributed by atoms with Gasteiger partial charge in [-0.25, -0.2) is 4.39 Å². The van der Waals surface area contributed by atoms with Crippen molar-refractivity contribution in [1.82, 2.24) is 9.88 Å². The fraction of sp³-hybridized carbons (Fsp3) is 0.359. The molecule has 47 heavy (non-hydrogen) atoms. The maximum absolute atomic E-state index is 13.8. The molecule has 0 amide bonds. The van der Waals surface area contributed by atoms with Crippen molar-refractivity contribution in [2.24, 2.45) is 0 Å². The van der Waals surface area contributed by atoms with Crippen LogP contribution < -0.4 is 5.32 Å². The first kappa shape index (κ1) is 38.6. The highest BCUT2D eigenvalue weighted by Gasteiger charge is 2.27. The second-order valence-electron chi connectivity index (χ2n) is 12.4. The van der Waals surface area contributed by atoms with E-state index in [0.717, 1.165) is 40.1 Å². The molecule has 3 rings (SSSR count). The summed E-state index contributed by atoms with van der Waals surface area (Å²) in [4.78, 5) is 36.8. The third-order valence-corrected chi connectivity index (χ3v) is 7.03. The van der Waals surface area contributed by atoms with Crippen LogP contribution in [-0.2, 0) is 20.9 Å². The van der Waals surface area contributed by atoms with Gasteiger partial charge in [-0.2, -0.15) is 0 Å². The summed E-state index contributed by atoms with van der Waals surface area (Å²) < 4.78 is 21.0. The lowest BCUT2D eigenvalue weighted by Crippen LogP contribution is -2.26. The lowest BCUT2D eigenvalue weighted by atomic mass is 9.96. The number of rotatable bonds is 14. The number of nitrogens with one attached hydrogen (secondary N) is 1. The number of halogens is 1. The SMILES string of the molecule is C=C/C=C(\C=C/C)NC.CC(C)c1c(C=O)c(-c2ccccc2)c(-c2ccc(F)cc2)n1CCC(O)CC(=O)CC(=O)OC(C)(C)C. The molecule has 0 aliphatic carbocycles. The predicted octanol–water partition coefficient (Wildman–Crippen LogP) is 8.19. The predicted molar refractivity (Wildman–Crippen MR) is 188 cm³/mol. The summed E-state index contributed by atoms with van der Waals surface area (Å²) in [6.07, 6.45) is 7.13. The number of Topliss-reactive ketones (excluding diaryl/α,β-unsaturated/α-hetero) is 1. The number of aromatic nitrogens is 1. The number of hydrogen-bond donors (Lipinski definition) is 2. The molecule has 0 spiro atoms. The molecule has 0 bridgehead atoms. The number of ketones is 1. The van der Waals surface area contributed by atoms with Gasteiger partial charge in [0.15, 0.2) is 6.29 Å². The number of ether oxygens (including phenoxy) is 1. The second-order valence-corrected chi connectivity index (χ2v) is 12.4. The lowest BCUT2D eigenvalue weighted by molar-refractivity contribution is -0.156. The fourth-order valence-electron chi connectivity index (χ4n) is 5.22. The van der Waals surface area contributed by atoms with Crippen LogP contribution in [0.25, 0.3) is 22.4 Å². The van der Waals surface area contributed by atoms with Crippen molar-refractivity contribution in [3.8, 4) is 22.4 Å². The highest BCUT2D eigenvalue weighted by molar-refractivity contribution is 5.97. The molecule has 0 radical (unpaired) electrons. The molecule has 1 atom stereocenters. The highest BCUT2D eigenvalue weighted by atomic mass is 19.1. The molecule has 7 nitrogen and oxygen atoms in total. The van der Waals surface area contributed by atoms with Crippen LogP contribution in [0.15, 0.2) is 91.2 Å². The first-order valence-corrected chi connectivity index (χ1v) is 15.8. The maximum atomic E-state index is 13.8. The van der Waals surface area contributed by atoms with Crippen LogP contribution in [0, 0.1) is 5.82 Å². The summed E-state index contributed by atoms with van der Waals surface area (Å²) >= 11 is 0. The first-order chi connectivity index (χ1) is 22.3. The molecule has 252 valence electrons. The summed E-state index contributed by atoms with van der Waals surface area (Å²) in [7, 11) is 1.88. The van der Waals surface area contributed by atoms with Crippen molar-refractivity contribution in [2.45, 2.75) is 85.0 Å². The molecule has 1 unspecified atom stereocenters. The van der Waals surface area contributed by atoms with Crippen molar-refractivity contribution in [3.63, 3.8) is 0 Å². The van der Waals surface area contributed by atoms with E-state index in [1.165, 1.54) is 12.1 Å². The monoisotopic (exact) mass is 644 g/mol. The zero-order valence-corrected chi connectivity index (χ0v) is 28.7. The quantitative estimate of drug-likeness (QED) is 0.0795. The van der Waals surface area contributed by atoms with Gasteiger partial charge in [-0.05, 0) is 87.6 Å². The zero-order chi connectivity index (χ0) is 35.1. The second kappa shape index (κ2) is 18.6. The maximum Gasteiger partial charge on any atom is 0.313 e. The average molecular weight is 645 g/mol. The normalized spacial score (nSPS) is 12.3. The Bertz CT molecular complexity index is 1540. The van der Waals surface area contributed by atoms with E-state index in [4.69, 9.17) is 4.74 Å². The Hall–Kier alpha value is -4.56.